The molecule has 0 spiro atoms. The van der Waals surface area contributed by atoms with Crippen LogP contribution in [-0.4, -0.2) is 42.7 Å². The van der Waals surface area contributed by atoms with Crippen molar-refractivity contribution in [1.29, 1.82) is 0 Å². The van der Waals surface area contributed by atoms with Crippen LogP contribution in [0.4, 0.5) is 0 Å². The number of nitrogens with one attached hydrogen (secondary N) is 1. The zero-order valence-corrected chi connectivity index (χ0v) is 15.9. The average Bonchev–Trinajstić information content (AvgIpc) is 2.66. The Hall–Kier alpha value is -2.53. The number of nitrogens with zero attached hydrogens (tertiary/aromatic N) is 2. The summed E-state index contributed by atoms with van der Waals surface area (Å²) in [5, 5.41) is 12.8. The minimum atomic E-state index is 0.0301. The first-order valence-electron chi connectivity index (χ1n) is 9.01. The van der Waals surface area contributed by atoms with E-state index in [0.29, 0.717) is 13.2 Å². The van der Waals surface area contributed by atoms with E-state index in [0.717, 1.165) is 41.5 Å². The van der Waals surface area contributed by atoms with E-state index in [1.165, 1.54) is 0 Å². The Labute approximate surface area is 156 Å². The summed E-state index contributed by atoms with van der Waals surface area (Å²) in [6.07, 6.45) is 0. The van der Waals surface area contributed by atoms with Gasteiger partial charge in [-0.15, -0.1) is 0 Å². The maximum absolute atomic E-state index is 9.45. The number of rotatable bonds is 8. The third kappa shape index (κ3) is 5.77. The number of aliphatic hydroxyl groups excluding tert-OH is 1. The van der Waals surface area contributed by atoms with E-state index in [4.69, 9.17) is 9.73 Å². The van der Waals surface area contributed by atoms with Gasteiger partial charge in [0.1, 0.15) is 12.4 Å². The van der Waals surface area contributed by atoms with Crippen molar-refractivity contribution in [2.24, 2.45) is 4.99 Å². The fraction of sp³-hybridized carbons (Fsp3) is 0.381. The number of guanidine groups is 1. The number of benzene rings is 2. The number of para-hydroxylation sites is 1. The fourth-order valence-electron chi connectivity index (χ4n) is 2.61. The highest BCUT2D eigenvalue weighted by Crippen LogP contribution is 2.16. The maximum atomic E-state index is 9.45. The Bertz CT molecular complexity index is 716. The molecule has 0 amide bonds. The van der Waals surface area contributed by atoms with Gasteiger partial charge in [0, 0.05) is 13.6 Å². The standard InChI is InChI=1S/C21H29N3O2/c1-4-22-21(23-15-18-10-6-7-11-19(18)16-25)24(3)13-14-26-20-12-8-5-9-17(20)2/h5-12,25H,4,13-16H2,1-3H3,(H,22,23). The third-order valence-electron chi connectivity index (χ3n) is 4.16. The topological polar surface area (TPSA) is 57.1 Å². The molecule has 0 aromatic heterocycles. The van der Waals surface area contributed by atoms with E-state index >= 15 is 0 Å². The van der Waals surface area contributed by atoms with E-state index in [-0.39, 0.29) is 6.61 Å². The molecule has 0 saturated heterocycles. The molecule has 0 aliphatic heterocycles. The lowest BCUT2D eigenvalue weighted by Gasteiger charge is -2.22. The average molecular weight is 355 g/mol. The highest BCUT2D eigenvalue weighted by atomic mass is 16.5. The summed E-state index contributed by atoms with van der Waals surface area (Å²) in [6.45, 7) is 6.76. The summed E-state index contributed by atoms with van der Waals surface area (Å²) in [7, 11) is 2.00. The molecule has 0 aliphatic rings. The Morgan fingerprint density at radius 3 is 2.50 bits per heavy atom. The van der Waals surface area contributed by atoms with Gasteiger partial charge in [-0.3, -0.25) is 0 Å². The summed E-state index contributed by atoms with van der Waals surface area (Å²) >= 11 is 0. The third-order valence-corrected chi connectivity index (χ3v) is 4.16. The van der Waals surface area contributed by atoms with E-state index in [1.54, 1.807) is 0 Å². The van der Waals surface area contributed by atoms with Crippen LogP contribution in [0.2, 0.25) is 0 Å². The lowest BCUT2D eigenvalue weighted by atomic mass is 10.1. The number of likely N-dealkylation sites (N-methyl/N-ethyl adjacent to an activating group) is 1. The second-order valence-corrected chi connectivity index (χ2v) is 6.13. The van der Waals surface area contributed by atoms with Crippen LogP contribution in [0.15, 0.2) is 53.5 Å². The molecule has 5 heteroatoms. The SMILES string of the molecule is CCNC(=NCc1ccccc1CO)N(C)CCOc1ccccc1C. The number of aryl methyl sites for hydroxylation is 1. The highest BCUT2D eigenvalue weighted by Gasteiger charge is 2.07. The second kappa shape index (κ2) is 10.5. The van der Waals surface area contributed by atoms with Gasteiger partial charge in [0.2, 0.25) is 0 Å². The molecule has 0 radical (unpaired) electrons. The predicted octanol–water partition coefficient (Wildman–Crippen LogP) is 2.96. The number of aliphatic imine (C=N–C) groups is 1. The molecule has 140 valence electrons. The lowest BCUT2D eigenvalue weighted by Crippen LogP contribution is -2.40. The molecule has 2 aromatic rings. The Kier molecular flexibility index (Phi) is 7.96. The molecule has 0 bridgehead atoms. The Morgan fingerprint density at radius 2 is 1.81 bits per heavy atom. The summed E-state index contributed by atoms with van der Waals surface area (Å²) in [6, 6.07) is 15.8. The number of hydrogen-bond donors (Lipinski definition) is 2. The minimum Gasteiger partial charge on any atom is -0.491 e. The van der Waals surface area contributed by atoms with Crippen molar-refractivity contribution in [3.8, 4) is 5.75 Å². The largest absolute Gasteiger partial charge is 0.491 e. The first-order chi connectivity index (χ1) is 12.7. The van der Waals surface area contributed by atoms with Gasteiger partial charge in [-0.05, 0) is 36.6 Å². The van der Waals surface area contributed by atoms with Crippen LogP contribution in [0.5, 0.6) is 5.75 Å². The molecule has 0 heterocycles. The zero-order valence-electron chi connectivity index (χ0n) is 15.9. The van der Waals surface area contributed by atoms with Crippen molar-refractivity contribution >= 4 is 5.96 Å². The molecule has 2 aromatic carbocycles. The van der Waals surface area contributed by atoms with Crippen LogP contribution in [-0.2, 0) is 13.2 Å². The molecule has 0 atom stereocenters. The molecular formula is C21H29N3O2. The van der Waals surface area contributed by atoms with Gasteiger partial charge in [-0.25, -0.2) is 4.99 Å². The Balaban J connectivity index is 1.95. The molecule has 0 saturated carbocycles. The van der Waals surface area contributed by atoms with Crippen molar-refractivity contribution in [3.63, 3.8) is 0 Å². The summed E-state index contributed by atoms with van der Waals surface area (Å²) in [5.74, 6) is 1.74. The number of ether oxygens (including phenoxy) is 1. The molecule has 0 aliphatic carbocycles. The normalized spacial score (nSPS) is 11.3. The van der Waals surface area contributed by atoms with Crippen molar-refractivity contribution in [1.82, 2.24) is 10.2 Å². The molecule has 0 fully saturated rings. The smallest absolute Gasteiger partial charge is 0.194 e. The molecule has 2 N–H and O–H groups in total. The van der Waals surface area contributed by atoms with Crippen molar-refractivity contribution in [2.75, 3.05) is 26.7 Å². The number of hydrogen-bond acceptors (Lipinski definition) is 3. The Morgan fingerprint density at radius 1 is 1.12 bits per heavy atom. The molecular weight excluding hydrogens is 326 g/mol. The molecule has 5 nitrogen and oxygen atoms in total. The first kappa shape index (κ1) is 19.8. The van der Waals surface area contributed by atoms with Gasteiger partial charge in [-0.2, -0.15) is 0 Å². The van der Waals surface area contributed by atoms with Crippen molar-refractivity contribution in [2.45, 2.75) is 27.0 Å². The van der Waals surface area contributed by atoms with Crippen molar-refractivity contribution < 1.29 is 9.84 Å². The number of aliphatic hydroxyl groups is 1. The van der Waals surface area contributed by atoms with Gasteiger partial charge in [0.15, 0.2) is 5.96 Å². The first-order valence-corrected chi connectivity index (χ1v) is 9.01. The van der Waals surface area contributed by atoms with E-state index in [2.05, 4.69) is 17.1 Å². The predicted molar refractivity (Wildman–Crippen MR) is 106 cm³/mol. The molecule has 2 rings (SSSR count). The highest BCUT2D eigenvalue weighted by molar-refractivity contribution is 5.79. The monoisotopic (exact) mass is 355 g/mol. The van der Waals surface area contributed by atoms with E-state index < -0.39 is 0 Å². The maximum Gasteiger partial charge on any atom is 0.194 e. The van der Waals surface area contributed by atoms with Gasteiger partial charge in [-0.1, -0.05) is 42.5 Å². The van der Waals surface area contributed by atoms with Crippen LogP contribution in [0.25, 0.3) is 0 Å². The summed E-state index contributed by atoms with van der Waals surface area (Å²) in [4.78, 5) is 6.76. The van der Waals surface area contributed by atoms with Crippen LogP contribution >= 0.6 is 0 Å². The van der Waals surface area contributed by atoms with Gasteiger partial charge in [0.25, 0.3) is 0 Å². The fourth-order valence-corrected chi connectivity index (χ4v) is 2.61. The second-order valence-electron chi connectivity index (χ2n) is 6.13. The molecule has 0 unspecified atom stereocenters. The van der Waals surface area contributed by atoms with Gasteiger partial charge >= 0.3 is 0 Å². The van der Waals surface area contributed by atoms with E-state index in [9.17, 15) is 5.11 Å². The quantitative estimate of drug-likeness (QED) is 0.565. The van der Waals surface area contributed by atoms with Crippen LogP contribution in [0, 0.1) is 6.92 Å². The lowest BCUT2D eigenvalue weighted by molar-refractivity contribution is 0.279. The van der Waals surface area contributed by atoms with Crippen LogP contribution in [0.1, 0.15) is 23.6 Å². The zero-order chi connectivity index (χ0) is 18.8. The molecule has 26 heavy (non-hydrogen) atoms. The van der Waals surface area contributed by atoms with Gasteiger partial charge < -0.3 is 20.1 Å². The summed E-state index contributed by atoms with van der Waals surface area (Å²) in [5.41, 5.74) is 3.09. The minimum absolute atomic E-state index is 0.0301. The van der Waals surface area contributed by atoms with E-state index in [1.807, 2.05) is 62.5 Å². The van der Waals surface area contributed by atoms with Crippen molar-refractivity contribution in [3.05, 3.63) is 65.2 Å². The van der Waals surface area contributed by atoms with Crippen LogP contribution in [0.3, 0.4) is 0 Å². The van der Waals surface area contributed by atoms with Crippen LogP contribution < -0.4 is 10.1 Å². The van der Waals surface area contributed by atoms with Gasteiger partial charge in [0.05, 0.1) is 19.7 Å². The summed E-state index contributed by atoms with van der Waals surface area (Å²) < 4.78 is 5.88.